The second kappa shape index (κ2) is 3.84. The lowest BCUT2D eigenvalue weighted by atomic mass is 9.97. The zero-order valence-corrected chi connectivity index (χ0v) is 9.11. The van der Waals surface area contributed by atoms with Gasteiger partial charge < -0.3 is 10.2 Å². The van der Waals surface area contributed by atoms with Crippen molar-refractivity contribution < 1.29 is 22.4 Å². The summed E-state index contributed by atoms with van der Waals surface area (Å²) in [7, 11) is 0. The highest BCUT2D eigenvalue weighted by Gasteiger charge is 2.42. The molecule has 16 heavy (non-hydrogen) atoms. The molecule has 1 heterocycles. The van der Waals surface area contributed by atoms with E-state index in [0.29, 0.717) is 0 Å². The van der Waals surface area contributed by atoms with Gasteiger partial charge in [0.2, 0.25) is 5.76 Å². The maximum atomic E-state index is 12.6. The average molecular weight is 235 g/mol. The molecule has 0 aliphatic rings. The van der Waals surface area contributed by atoms with E-state index in [4.69, 9.17) is 5.73 Å². The van der Waals surface area contributed by atoms with E-state index in [2.05, 4.69) is 4.42 Å². The number of aryl methyl sites for hydroxylation is 1. The number of carbonyl (C=O) groups excluding carboxylic acids is 1. The van der Waals surface area contributed by atoms with Gasteiger partial charge in [0.15, 0.2) is 0 Å². The van der Waals surface area contributed by atoms with Crippen LogP contribution in [0.4, 0.5) is 13.2 Å². The molecule has 0 atom stereocenters. The van der Waals surface area contributed by atoms with Crippen molar-refractivity contribution in [2.24, 2.45) is 5.73 Å². The summed E-state index contributed by atoms with van der Waals surface area (Å²) in [5, 5.41) is 0. The Balaban J connectivity index is 3.54. The van der Waals surface area contributed by atoms with Gasteiger partial charge >= 0.3 is 6.18 Å². The van der Waals surface area contributed by atoms with E-state index in [1.54, 1.807) is 13.8 Å². The number of alkyl halides is 3. The van der Waals surface area contributed by atoms with Crippen LogP contribution in [-0.2, 0) is 6.18 Å². The van der Waals surface area contributed by atoms with Crippen molar-refractivity contribution in [2.75, 3.05) is 0 Å². The minimum atomic E-state index is -4.71. The molecule has 0 unspecified atom stereocenters. The van der Waals surface area contributed by atoms with E-state index in [-0.39, 0.29) is 17.2 Å². The summed E-state index contributed by atoms with van der Waals surface area (Å²) in [6.45, 7) is 4.73. The summed E-state index contributed by atoms with van der Waals surface area (Å²) in [5.41, 5.74) is 4.63. The largest absolute Gasteiger partial charge is 0.456 e. The van der Waals surface area contributed by atoms with Crippen molar-refractivity contribution in [3.05, 3.63) is 22.6 Å². The van der Waals surface area contributed by atoms with Gasteiger partial charge in [-0.1, -0.05) is 13.8 Å². The number of nitrogens with two attached hydrogens (primary N) is 1. The van der Waals surface area contributed by atoms with Crippen LogP contribution in [0.5, 0.6) is 0 Å². The zero-order valence-electron chi connectivity index (χ0n) is 9.11. The van der Waals surface area contributed by atoms with Crippen LogP contribution in [0.2, 0.25) is 0 Å². The number of amides is 1. The van der Waals surface area contributed by atoms with Crippen LogP contribution >= 0.6 is 0 Å². The van der Waals surface area contributed by atoms with Crippen LogP contribution in [0.1, 0.15) is 47.2 Å². The Labute approximate surface area is 90.4 Å². The molecule has 1 rings (SSSR count). The number of hydrogen-bond acceptors (Lipinski definition) is 2. The van der Waals surface area contributed by atoms with E-state index in [1.807, 2.05) is 0 Å². The number of primary amides is 1. The van der Waals surface area contributed by atoms with Gasteiger partial charge in [0, 0.05) is 5.56 Å². The third-order valence-corrected chi connectivity index (χ3v) is 2.21. The lowest BCUT2D eigenvalue weighted by molar-refractivity contribution is -0.153. The van der Waals surface area contributed by atoms with Crippen molar-refractivity contribution >= 4 is 5.91 Å². The second-order valence-electron chi connectivity index (χ2n) is 3.79. The summed E-state index contributed by atoms with van der Waals surface area (Å²) in [5.74, 6) is -2.60. The highest BCUT2D eigenvalue weighted by molar-refractivity contribution is 5.96. The highest BCUT2D eigenvalue weighted by Crippen LogP contribution is 2.38. The molecule has 0 aromatic carbocycles. The molecule has 3 nitrogen and oxygen atoms in total. The van der Waals surface area contributed by atoms with E-state index < -0.39 is 23.4 Å². The number of furan rings is 1. The molecule has 6 heteroatoms. The minimum absolute atomic E-state index is 0.0797. The van der Waals surface area contributed by atoms with Gasteiger partial charge in [0.25, 0.3) is 5.91 Å². The molecule has 0 fully saturated rings. The molecular weight excluding hydrogens is 223 g/mol. The first-order chi connectivity index (χ1) is 7.16. The molecule has 0 aliphatic carbocycles. The normalized spacial score (nSPS) is 12.2. The van der Waals surface area contributed by atoms with Gasteiger partial charge in [-0.25, -0.2) is 0 Å². The smallest absolute Gasteiger partial charge is 0.450 e. The predicted octanol–water partition coefficient (Wildman–Crippen LogP) is 2.83. The minimum Gasteiger partial charge on any atom is -0.456 e. The molecule has 90 valence electrons. The number of carbonyl (C=O) groups is 1. The first-order valence-electron chi connectivity index (χ1n) is 4.66. The fourth-order valence-corrected chi connectivity index (χ4v) is 1.70. The van der Waals surface area contributed by atoms with Crippen LogP contribution in [0.15, 0.2) is 4.42 Å². The lowest BCUT2D eigenvalue weighted by Gasteiger charge is -2.07. The third kappa shape index (κ3) is 2.05. The monoisotopic (exact) mass is 235 g/mol. The Morgan fingerprint density at radius 2 is 1.88 bits per heavy atom. The quantitative estimate of drug-likeness (QED) is 0.856. The van der Waals surface area contributed by atoms with Crippen LogP contribution in [-0.4, -0.2) is 5.91 Å². The summed E-state index contributed by atoms with van der Waals surface area (Å²) in [6.07, 6.45) is -4.71. The van der Waals surface area contributed by atoms with E-state index in [9.17, 15) is 18.0 Å². The molecule has 1 amide bonds. The average Bonchev–Trinajstić information content (AvgIpc) is 2.41. The molecule has 2 N–H and O–H groups in total. The summed E-state index contributed by atoms with van der Waals surface area (Å²) in [6, 6.07) is 0. The molecule has 0 saturated carbocycles. The second-order valence-corrected chi connectivity index (χ2v) is 3.79. The maximum absolute atomic E-state index is 12.6. The number of hydrogen-bond donors (Lipinski definition) is 1. The molecule has 0 bridgehead atoms. The van der Waals surface area contributed by atoms with Gasteiger partial charge in [0.1, 0.15) is 5.76 Å². The number of halogens is 3. The predicted molar refractivity (Wildman–Crippen MR) is 51.1 cm³/mol. The first-order valence-corrected chi connectivity index (χ1v) is 4.66. The van der Waals surface area contributed by atoms with Gasteiger partial charge in [-0.2, -0.15) is 13.2 Å². The zero-order chi connectivity index (χ0) is 12.7. The van der Waals surface area contributed by atoms with E-state index in [0.717, 1.165) is 0 Å². The Bertz CT molecular complexity index is 418. The fourth-order valence-electron chi connectivity index (χ4n) is 1.70. The molecule has 1 aromatic rings. The van der Waals surface area contributed by atoms with Gasteiger partial charge in [-0.3, -0.25) is 4.79 Å². The van der Waals surface area contributed by atoms with Crippen LogP contribution in [0.3, 0.4) is 0 Å². The Kier molecular flexibility index (Phi) is 3.03. The molecule has 0 saturated heterocycles. The maximum Gasteiger partial charge on any atom is 0.450 e. The fraction of sp³-hybridized carbons (Fsp3) is 0.500. The molecule has 0 aliphatic heterocycles. The van der Waals surface area contributed by atoms with Crippen molar-refractivity contribution in [3.8, 4) is 0 Å². The Morgan fingerprint density at radius 1 is 1.38 bits per heavy atom. The van der Waals surface area contributed by atoms with Crippen LogP contribution < -0.4 is 5.73 Å². The van der Waals surface area contributed by atoms with E-state index in [1.165, 1.54) is 6.92 Å². The lowest BCUT2D eigenvalue weighted by Crippen LogP contribution is -2.18. The van der Waals surface area contributed by atoms with Crippen LogP contribution in [0, 0.1) is 6.92 Å². The van der Waals surface area contributed by atoms with Gasteiger partial charge in [-0.05, 0) is 12.8 Å². The third-order valence-electron chi connectivity index (χ3n) is 2.21. The van der Waals surface area contributed by atoms with Crippen molar-refractivity contribution in [1.82, 2.24) is 0 Å². The molecule has 1 aromatic heterocycles. The molecular formula is C10H12F3NO2. The highest BCUT2D eigenvalue weighted by atomic mass is 19.4. The summed E-state index contributed by atoms with van der Waals surface area (Å²) >= 11 is 0. The number of rotatable bonds is 2. The Morgan fingerprint density at radius 3 is 2.19 bits per heavy atom. The first kappa shape index (κ1) is 12.6. The Hall–Kier alpha value is -1.46. The summed E-state index contributed by atoms with van der Waals surface area (Å²) in [4.78, 5) is 11.1. The van der Waals surface area contributed by atoms with Gasteiger partial charge in [-0.15, -0.1) is 0 Å². The van der Waals surface area contributed by atoms with Crippen molar-refractivity contribution in [3.63, 3.8) is 0 Å². The van der Waals surface area contributed by atoms with Crippen molar-refractivity contribution in [2.45, 2.75) is 32.9 Å². The van der Waals surface area contributed by atoms with E-state index >= 15 is 0 Å². The van der Waals surface area contributed by atoms with Crippen molar-refractivity contribution in [1.29, 1.82) is 0 Å². The molecule has 0 radical (unpaired) electrons. The topological polar surface area (TPSA) is 56.2 Å². The standard InChI is InChI=1S/C10H12F3NO2/c1-4(2)6-5(3)16-8(10(11,12)13)7(6)9(14)15/h4H,1-3H3,(H2,14,15). The van der Waals surface area contributed by atoms with Crippen LogP contribution in [0.25, 0.3) is 0 Å². The van der Waals surface area contributed by atoms with Gasteiger partial charge in [0.05, 0.1) is 5.56 Å². The molecule has 0 spiro atoms. The summed E-state index contributed by atoms with van der Waals surface area (Å²) < 4.78 is 42.3. The SMILES string of the molecule is Cc1oc(C(F)(F)F)c(C(N)=O)c1C(C)C.